The van der Waals surface area contributed by atoms with Gasteiger partial charge in [0.2, 0.25) is 6.10 Å². The molecule has 186 valence electrons. The normalized spacial score (nSPS) is 20.9. The van der Waals surface area contributed by atoms with Gasteiger partial charge in [0.25, 0.3) is 10.1 Å². The fourth-order valence-electron chi connectivity index (χ4n) is 3.47. The molecule has 1 aromatic rings. The highest BCUT2D eigenvalue weighted by Gasteiger charge is 2.47. The summed E-state index contributed by atoms with van der Waals surface area (Å²) in [6.45, 7) is 0. The van der Waals surface area contributed by atoms with Gasteiger partial charge >= 0.3 is 18.1 Å². The standard InChI is InChI=1S/C19H20Br3F3O7S/c20-10-7-13(21)16(14(22)8-10)32-18(27)12-6-4-2-1-3-5-11(12)17(26)31-15(19(23,24)25)9-33(28,29)30/h7-8,11-12,15H,1-6,9H2,(H,28,29,30). The number of carbonyl (C=O) groups excluding carboxylic acids is 2. The first-order chi connectivity index (χ1) is 15.2. The van der Waals surface area contributed by atoms with Gasteiger partial charge in [-0.1, -0.05) is 41.6 Å². The minimum atomic E-state index is -5.23. The van der Waals surface area contributed by atoms with Crippen LogP contribution in [0.1, 0.15) is 38.5 Å². The molecule has 0 heterocycles. The van der Waals surface area contributed by atoms with Crippen molar-refractivity contribution in [3.05, 3.63) is 25.6 Å². The summed E-state index contributed by atoms with van der Waals surface area (Å²) in [5.74, 6) is -6.24. The Bertz CT molecular complexity index is 962. The second kappa shape index (κ2) is 11.8. The van der Waals surface area contributed by atoms with E-state index in [0.29, 0.717) is 32.7 Å². The summed E-state index contributed by atoms with van der Waals surface area (Å²) in [4.78, 5) is 25.7. The highest BCUT2D eigenvalue weighted by atomic mass is 79.9. The Hall–Kier alpha value is -0.700. The maximum atomic E-state index is 13.2. The summed E-state index contributed by atoms with van der Waals surface area (Å²) in [7, 11) is -5.08. The average Bonchev–Trinajstić information content (AvgIpc) is 2.61. The highest BCUT2D eigenvalue weighted by Crippen LogP contribution is 2.39. The lowest BCUT2D eigenvalue weighted by molar-refractivity contribution is -0.218. The number of rotatable bonds is 6. The Morgan fingerprint density at radius 3 is 1.94 bits per heavy atom. The van der Waals surface area contributed by atoms with Gasteiger partial charge in [-0.2, -0.15) is 21.6 Å². The van der Waals surface area contributed by atoms with Crippen molar-refractivity contribution in [2.24, 2.45) is 11.8 Å². The maximum Gasteiger partial charge on any atom is 0.426 e. The second-order valence-electron chi connectivity index (χ2n) is 7.54. The van der Waals surface area contributed by atoms with Crippen LogP contribution in [-0.4, -0.2) is 42.9 Å². The molecule has 0 saturated heterocycles. The van der Waals surface area contributed by atoms with E-state index in [4.69, 9.17) is 9.29 Å². The van der Waals surface area contributed by atoms with E-state index in [-0.39, 0.29) is 18.6 Å². The van der Waals surface area contributed by atoms with Crippen LogP contribution in [0.4, 0.5) is 13.2 Å². The zero-order chi connectivity index (χ0) is 25.0. The first-order valence-corrected chi connectivity index (χ1v) is 13.8. The number of esters is 2. The quantitative estimate of drug-likeness (QED) is 0.228. The summed E-state index contributed by atoms with van der Waals surface area (Å²) in [6, 6.07) is 3.25. The lowest BCUT2D eigenvalue weighted by atomic mass is 9.81. The molecule has 1 aliphatic carbocycles. The zero-order valence-corrected chi connectivity index (χ0v) is 22.5. The molecule has 0 aromatic heterocycles. The molecule has 0 bridgehead atoms. The van der Waals surface area contributed by atoms with Crippen LogP contribution in [0.3, 0.4) is 0 Å². The number of halogens is 6. The van der Waals surface area contributed by atoms with Gasteiger partial charge in [0.1, 0.15) is 5.75 Å². The van der Waals surface area contributed by atoms with Crippen LogP contribution in [0.15, 0.2) is 25.6 Å². The van der Waals surface area contributed by atoms with Gasteiger partial charge in [0, 0.05) is 4.47 Å². The van der Waals surface area contributed by atoms with Gasteiger partial charge in [-0.25, -0.2) is 0 Å². The van der Waals surface area contributed by atoms with Crippen molar-refractivity contribution < 1.29 is 45.2 Å². The van der Waals surface area contributed by atoms with Gasteiger partial charge in [-0.3, -0.25) is 14.1 Å². The Balaban J connectivity index is 2.29. The number of hydrogen-bond acceptors (Lipinski definition) is 6. The lowest BCUT2D eigenvalue weighted by Crippen LogP contribution is -2.43. The van der Waals surface area contributed by atoms with Crippen LogP contribution >= 0.6 is 47.8 Å². The Kier molecular flexibility index (Phi) is 10.2. The number of hydrogen-bond donors (Lipinski definition) is 1. The minimum absolute atomic E-state index is 0.0672. The smallest absolute Gasteiger partial charge is 0.426 e. The van der Waals surface area contributed by atoms with E-state index in [1.54, 1.807) is 12.1 Å². The predicted octanol–water partition coefficient (Wildman–Crippen LogP) is 5.83. The Labute approximate surface area is 213 Å². The topological polar surface area (TPSA) is 107 Å². The largest absolute Gasteiger partial charge is 0.451 e. The number of carbonyl (C=O) groups is 2. The molecule has 7 nitrogen and oxygen atoms in total. The molecule has 0 spiro atoms. The lowest BCUT2D eigenvalue weighted by Gasteiger charge is -2.28. The van der Waals surface area contributed by atoms with E-state index < -0.39 is 51.9 Å². The molecular formula is C19H20Br3F3O7S. The average molecular weight is 689 g/mol. The van der Waals surface area contributed by atoms with Crippen molar-refractivity contribution in [3.8, 4) is 5.75 Å². The number of ether oxygens (including phenoxy) is 2. The fraction of sp³-hybridized carbons (Fsp3) is 0.579. The van der Waals surface area contributed by atoms with Gasteiger partial charge in [0.05, 0.1) is 20.8 Å². The van der Waals surface area contributed by atoms with E-state index in [9.17, 15) is 31.2 Å². The van der Waals surface area contributed by atoms with Crippen LogP contribution in [0.25, 0.3) is 0 Å². The molecule has 3 unspecified atom stereocenters. The SMILES string of the molecule is O=C(Oc1c(Br)cc(Br)cc1Br)C1CCCCCCC1C(=O)OC(CS(=O)(=O)O)C(F)(F)F. The summed E-state index contributed by atoms with van der Waals surface area (Å²) in [5, 5.41) is 0. The molecule has 0 aliphatic heterocycles. The van der Waals surface area contributed by atoms with Gasteiger partial charge in [0.15, 0.2) is 5.75 Å². The highest BCUT2D eigenvalue weighted by molar-refractivity contribution is 9.11. The van der Waals surface area contributed by atoms with Gasteiger partial charge in [-0.15, -0.1) is 0 Å². The molecule has 14 heteroatoms. The van der Waals surface area contributed by atoms with Crippen molar-refractivity contribution in [1.82, 2.24) is 0 Å². The summed E-state index contributed by atoms with van der Waals surface area (Å²) in [5.41, 5.74) is 0. The third-order valence-electron chi connectivity index (χ3n) is 5.02. The van der Waals surface area contributed by atoms with Crippen molar-refractivity contribution >= 4 is 69.8 Å². The molecule has 1 N–H and O–H groups in total. The summed E-state index contributed by atoms with van der Waals surface area (Å²) >= 11 is 9.82. The molecule has 0 amide bonds. The van der Waals surface area contributed by atoms with Gasteiger partial charge in [-0.05, 0) is 56.8 Å². The Morgan fingerprint density at radius 2 is 1.48 bits per heavy atom. The minimum Gasteiger partial charge on any atom is -0.451 e. The summed E-state index contributed by atoms with van der Waals surface area (Å²) in [6.07, 6.45) is -5.55. The van der Waals surface area contributed by atoms with E-state index in [1.807, 2.05) is 0 Å². The molecular weight excluding hydrogens is 669 g/mol. The van der Waals surface area contributed by atoms with Crippen LogP contribution in [-0.2, 0) is 24.4 Å². The molecule has 1 fully saturated rings. The van der Waals surface area contributed by atoms with Gasteiger partial charge < -0.3 is 9.47 Å². The molecule has 0 radical (unpaired) electrons. The zero-order valence-electron chi connectivity index (χ0n) is 16.9. The maximum absolute atomic E-state index is 13.2. The fourth-order valence-corrected chi connectivity index (χ4v) is 6.53. The van der Waals surface area contributed by atoms with E-state index in [2.05, 4.69) is 52.5 Å². The van der Waals surface area contributed by atoms with Crippen LogP contribution < -0.4 is 4.74 Å². The summed E-state index contributed by atoms with van der Waals surface area (Å²) < 4.78 is 82.0. The van der Waals surface area contributed by atoms with E-state index >= 15 is 0 Å². The second-order valence-corrected chi connectivity index (χ2v) is 11.7. The van der Waals surface area contributed by atoms with Crippen molar-refractivity contribution in [1.29, 1.82) is 0 Å². The molecule has 1 aromatic carbocycles. The van der Waals surface area contributed by atoms with Crippen LogP contribution in [0.2, 0.25) is 0 Å². The van der Waals surface area contributed by atoms with Crippen LogP contribution in [0, 0.1) is 11.8 Å². The molecule has 3 atom stereocenters. The molecule has 2 rings (SSSR count). The third kappa shape index (κ3) is 8.79. The molecule has 1 saturated carbocycles. The Morgan fingerprint density at radius 1 is 1.00 bits per heavy atom. The van der Waals surface area contributed by atoms with Crippen molar-refractivity contribution in [3.63, 3.8) is 0 Å². The third-order valence-corrected chi connectivity index (χ3v) is 7.38. The van der Waals surface area contributed by atoms with E-state index in [0.717, 1.165) is 6.42 Å². The first kappa shape index (κ1) is 28.5. The monoisotopic (exact) mass is 686 g/mol. The van der Waals surface area contributed by atoms with E-state index in [1.165, 1.54) is 0 Å². The predicted molar refractivity (Wildman–Crippen MR) is 122 cm³/mol. The number of alkyl halides is 3. The van der Waals surface area contributed by atoms with Crippen molar-refractivity contribution in [2.45, 2.75) is 50.8 Å². The number of benzene rings is 1. The van der Waals surface area contributed by atoms with Crippen molar-refractivity contribution in [2.75, 3.05) is 5.75 Å². The molecule has 33 heavy (non-hydrogen) atoms. The van der Waals surface area contributed by atoms with Crippen LogP contribution in [0.5, 0.6) is 5.75 Å². The molecule has 1 aliphatic rings. The first-order valence-electron chi connectivity index (χ1n) is 9.77.